The van der Waals surface area contributed by atoms with Crippen LogP contribution in [0.3, 0.4) is 0 Å². The molecular weight excluding hydrogens is 551 g/mol. The molecule has 0 bridgehead atoms. The van der Waals surface area contributed by atoms with Crippen molar-refractivity contribution in [1.82, 2.24) is 4.57 Å². The molecule has 6 nitrogen and oxygen atoms in total. The van der Waals surface area contributed by atoms with Crippen LogP contribution in [0.5, 0.6) is 0 Å². The van der Waals surface area contributed by atoms with Crippen LogP contribution in [0, 0.1) is 0 Å². The van der Waals surface area contributed by atoms with E-state index < -0.39 is 15.4 Å². The first kappa shape index (κ1) is 26.9. The van der Waals surface area contributed by atoms with Crippen LogP contribution in [0.1, 0.15) is 15.9 Å². The molecule has 1 aromatic heterocycles. The molecule has 10 heteroatoms. The maximum atomic E-state index is 13.4. The molecule has 0 aliphatic rings. The molecule has 0 aliphatic heterocycles. The van der Waals surface area contributed by atoms with Gasteiger partial charge in [0.1, 0.15) is 4.66 Å². The van der Waals surface area contributed by atoms with Crippen LogP contribution in [0.15, 0.2) is 82.5 Å². The minimum atomic E-state index is -3.93. The second-order valence-electron chi connectivity index (χ2n) is 8.37. The number of sulfone groups is 1. The Morgan fingerprint density at radius 2 is 1.49 bits per heavy atom. The maximum absolute atomic E-state index is 13.4. The zero-order chi connectivity index (χ0) is 26.7. The number of aromatic nitrogens is 1. The Hall–Kier alpha value is -3.17. The number of benzene rings is 3. The minimum absolute atomic E-state index is 0.0260. The van der Waals surface area contributed by atoms with Crippen molar-refractivity contribution in [3.8, 4) is 0 Å². The predicted molar refractivity (Wildman–Crippen MR) is 151 cm³/mol. The van der Waals surface area contributed by atoms with Gasteiger partial charge in [-0.05, 0) is 72.3 Å². The number of rotatable bonds is 7. The maximum Gasteiger partial charge on any atom is 0.269 e. The van der Waals surface area contributed by atoms with Gasteiger partial charge in [-0.3, -0.25) is 14.2 Å². The summed E-state index contributed by atoms with van der Waals surface area (Å²) in [4.78, 5) is 28.3. The summed E-state index contributed by atoms with van der Waals surface area (Å²) in [5.74, 6) is -0.350. The third-order valence-corrected chi connectivity index (χ3v) is 8.69. The molecule has 0 saturated carbocycles. The molecule has 0 fully saturated rings. The zero-order valence-electron chi connectivity index (χ0n) is 19.9. The first-order valence-electron chi connectivity index (χ1n) is 11.0. The summed E-state index contributed by atoms with van der Waals surface area (Å²) in [5, 5.41) is 1.89. The fourth-order valence-electron chi connectivity index (χ4n) is 3.49. The number of ketones is 1. The lowest BCUT2D eigenvalue weighted by Crippen LogP contribution is -2.34. The summed E-state index contributed by atoms with van der Waals surface area (Å²) in [7, 11) is -0.0748. The lowest BCUT2D eigenvalue weighted by Gasteiger charge is -2.11. The number of carbonyl (C=O) groups excluding carboxylic acids is 1. The monoisotopic (exact) mass is 572 g/mol. The van der Waals surface area contributed by atoms with E-state index in [0.29, 0.717) is 20.1 Å². The van der Waals surface area contributed by atoms with Crippen molar-refractivity contribution in [3.05, 3.63) is 114 Å². The number of thiazole rings is 1. The molecular formula is C27H22Cl2N2O4S2. The lowest BCUT2D eigenvalue weighted by atomic mass is 10.1. The largest absolute Gasteiger partial charge is 0.378 e. The van der Waals surface area contributed by atoms with E-state index in [1.165, 1.54) is 28.8 Å². The Labute approximate surface area is 228 Å². The van der Waals surface area contributed by atoms with Crippen LogP contribution >= 0.6 is 34.5 Å². The Bertz CT molecular complexity index is 1720. The van der Waals surface area contributed by atoms with E-state index in [2.05, 4.69) is 0 Å². The Morgan fingerprint density at radius 1 is 0.919 bits per heavy atom. The van der Waals surface area contributed by atoms with Gasteiger partial charge in [0.05, 0.1) is 21.4 Å². The van der Waals surface area contributed by atoms with Gasteiger partial charge < -0.3 is 4.90 Å². The number of hydrogen-bond donors (Lipinski definition) is 0. The molecule has 0 amide bonds. The third-order valence-electron chi connectivity index (χ3n) is 5.51. The molecule has 4 aromatic rings. The first-order valence-corrected chi connectivity index (χ1v) is 14.2. The molecule has 190 valence electrons. The van der Waals surface area contributed by atoms with Crippen LogP contribution in [-0.2, 0) is 16.4 Å². The smallest absolute Gasteiger partial charge is 0.269 e. The summed E-state index contributed by atoms with van der Waals surface area (Å²) >= 11 is 12.8. The first-order chi connectivity index (χ1) is 17.5. The Morgan fingerprint density at radius 3 is 2.05 bits per heavy atom. The molecule has 0 spiro atoms. The van der Waals surface area contributed by atoms with Gasteiger partial charge in [0.25, 0.3) is 5.56 Å². The second-order valence-corrected chi connectivity index (χ2v) is 12.1. The van der Waals surface area contributed by atoms with Gasteiger partial charge in [0, 0.05) is 35.4 Å². The van der Waals surface area contributed by atoms with Gasteiger partial charge in [-0.25, -0.2) is 8.42 Å². The van der Waals surface area contributed by atoms with Crippen LogP contribution < -0.4 is 19.7 Å². The van der Waals surface area contributed by atoms with Gasteiger partial charge >= 0.3 is 0 Å². The second kappa shape index (κ2) is 11.1. The van der Waals surface area contributed by atoms with E-state index >= 15 is 0 Å². The Balaban J connectivity index is 1.85. The van der Waals surface area contributed by atoms with Crippen molar-refractivity contribution in [2.24, 2.45) is 0 Å². The molecule has 0 N–H and O–H groups in total. The van der Waals surface area contributed by atoms with Crippen molar-refractivity contribution in [2.45, 2.75) is 11.4 Å². The predicted octanol–water partition coefficient (Wildman–Crippen LogP) is 4.21. The molecule has 0 aliphatic carbocycles. The van der Waals surface area contributed by atoms with Crippen molar-refractivity contribution in [2.75, 3.05) is 19.0 Å². The molecule has 3 aromatic carbocycles. The molecule has 37 heavy (non-hydrogen) atoms. The fourth-order valence-corrected chi connectivity index (χ4v) is 6.23. The number of halogens is 2. The molecule has 0 atom stereocenters. The summed E-state index contributed by atoms with van der Waals surface area (Å²) in [5.41, 5.74) is 1.67. The highest BCUT2D eigenvalue weighted by atomic mass is 35.5. The van der Waals surface area contributed by atoms with E-state index in [-0.39, 0.29) is 21.9 Å². The number of carbonyl (C=O) groups is 1. The summed E-state index contributed by atoms with van der Waals surface area (Å²) in [6, 6.07) is 19.6. The van der Waals surface area contributed by atoms with Crippen LogP contribution in [-0.4, -0.2) is 32.9 Å². The highest BCUT2D eigenvalue weighted by Crippen LogP contribution is 2.17. The van der Waals surface area contributed by atoms with Gasteiger partial charge in [-0.2, -0.15) is 0 Å². The standard InChI is InChI=1S/C27H22Cl2N2O4S2/c1-30(2)22-11-3-18(4-12-22)15-25-27(33)31(16-24(32)19-5-7-20(28)8-6-19)26(36-25)17-37(34,35)23-13-9-21(29)10-14-23/h3-15,17H,16H2,1-2H3/b25-15-,26-17-. The average Bonchev–Trinajstić information content (AvgIpc) is 3.13. The van der Waals surface area contributed by atoms with E-state index in [1.54, 1.807) is 30.3 Å². The quantitative estimate of drug-likeness (QED) is 0.310. The van der Waals surface area contributed by atoms with Gasteiger partial charge in [-0.1, -0.05) is 35.3 Å². The zero-order valence-corrected chi connectivity index (χ0v) is 23.0. The summed E-state index contributed by atoms with van der Waals surface area (Å²) in [6.07, 6.45) is 1.68. The average molecular weight is 574 g/mol. The van der Waals surface area contributed by atoms with E-state index in [9.17, 15) is 18.0 Å². The molecule has 0 unspecified atom stereocenters. The van der Waals surface area contributed by atoms with E-state index in [4.69, 9.17) is 23.2 Å². The summed E-state index contributed by atoms with van der Waals surface area (Å²) < 4.78 is 27.9. The van der Waals surface area contributed by atoms with Crippen LogP contribution in [0.2, 0.25) is 10.0 Å². The van der Waals surface area contributed by atoms with Crippen molar-refractivity contribution in [1.29, 1.82) is 0 Å². The summed E-state index contributed by atoms with van der Waals surface area (Å²) in [6.45, 7) is -0.327. The van der Waals surface area contributed by atoms with Gasteiger partial charge in [-0.15, -0.1) is 11.3 Å². The van der Waals surface area contributed by atoms with Crippen molar-refractivity contribution < 1.29 is 13.2 Å². The minimum Gasteiger partial charge on any atom is -0.378 e. The molecule has 0 saturated heterocycles. The number of anilines is 1. The van der Waals surface area contributed by atoms with Crippen LogP contribution in [0.4, 0.5) is 5.69 Å². The van der Waals surface area contributed by atoms with E-state index in [0.717, 1.165) is 28.0 Å². The molecule has 1 heterocycles. The normalized spacial score (nSPS) is 12.6. The Kier molecular flexibility index (Phi) is 8.04. The lowest BCUT2D eigenvalue weighted by molar-refractivity contribution is 0.0970. The topological polar surface area (TPSA) is 76.5 Å². The number of Topliss-reactive ketones (excluding diaryl/α,β-unsaturated/α-hetero) is 1. The molecule has 0 radical (unpaired) electrons. The highest BCUT2D eigenvalue weighted by molar-refractivity contribution is 7.99. The highest BCUT2D eigenvalue weighted by Gasteiger charge is 2.16. The fraction of sp³-hybridized carbons (Fsp3) is 0.111. The molecule has 4 rings (SSSR count). The van der Waals surface area contributed by atoms with Gasteiger partial charge in [0.15, 0.2) is 5.78 Å². The number of nitrogens with zero attached hydrogens (tertiary/aromatic N) is 2. The van der Waals surface area contributed by atoms with Gasteiger partial charge in [0.2, 0.25) is 9.84 Å². The third kappa shape index (κ3) is 6.40. The van der Waals surface area contributed by atoms with E-state index in [1.807, 2.05) is 43.3 Å². The van der Waals surface area contributed by atoms with Crippen LogP contribution in [0.25, 0.3) is 11.5 Å². The van der Waals surface area contributed by atoms with Crippen molar-refractivity contribution in [3.63, 3.8) is 0 Å². The number of hydrogen-bond acceptors (Lipinski definition) is 6. The SMILES string of the molecule is CN(C)c1ccc(/C=c2\s/c(=C\S(=O)(=O)c3ccc(Cl)cc3)n(CC(=O)c3ccc(Cl)cc3)c2=O)cc1. The van der Waals surface area contributed by atoms with Crippen molar-refractivity contribution >= 4 is 67.3 Å².